The maximum absolute atomic E-state index is 12.1. The van der Waals surface area contributed by atoms with Gasteiger partial charge in [0, 0.05) is 12.1 Å². The number of aromatic nitrogens is 3. The third-order valence-corrected chi connectivity index (χ3v) is 9.06. The number of hydrogen-bond donors (Lipinski definition) is 2. The second kappa shape index (κ2) is 15.3. The molecular formula is C36H41N7O4. The minimum absolute atomic E-state index is 0.225. The molecule has 0 bridgehead atoms. The Morgan fingerprint density at radius 3 is 2.72 bits per heavy atom. The first kappa shape index (κ1) is 32.3. The Kier molecular flexibility index (Phi) is 10.5. The van der Waals surface area contributed by atoms with Crippen molar-refractivity contribution in [2.24, 2.45) is 10.9 Å². The number of benzene rings is 2. The van der Waals surface area contributed by atoms with Gasteiger partial charge in [0.1, 0.15) is 42.0 Å². The molecule has 0 amide bonds. The van der Waals surface area contributed by atoms with Crippen LogP contribution in [0, 0.1) is 17.2 Å². The van der Waals surface area contributed by atoms with Crippen LogP contribution in [0.2, 0.25) is 0 Å². The molecule has 2 aromatic heterocycles. The van der Waals surface area contributed by atoms with Crippen LogP contribution in [0.25, 0.3) is 22.2 Å². The van der Waals surface area contributed by atoms with E-state index >= 15 is 0 Å². The quantitative estimate of drug-likeness (QED) is 0.102. The summed E-state index contributed by atoms with van der Waals surface area (Å²) in [5.74, 6) is 0.932. The Bertz CT molecular complexity index is 1730. The van der Waals surface area contributed by atoms with Gasteiger partial charge in [-0.25, -0.2) is 15.0 Å². The van der Waals surface area contributed by atoms with Crippen molar-refractivity contribution in [3.8, 4) is 22.9 Å². The minimum atomic E-state index is -0.784. The van der Waals surface area contributed by atoms with Crippen LogP contribution in [-0.4, -0.2) is 76.5 Å². The van der Waals surface area contributed by atoms with Crippen LogP contribution in [0.4, 0.5) is 11.6 Å². The molecule has 2 N–H and O–H groups in total. The Hall–Kier alpha value is -4.63. The van der Waals surface area contributed by atoms with Crippen LogP contribution >= 0.6 is 0 Å². The molecule has 47 heavy (non-hydrogen) atoms. The summed E-state index contributed by atoms with van der Waals surface area (Å²) in [7, 11) is 0. The van der Waals surface area contributed by atoms with Crippen LogP contribution < -0.4 is 10.1 Å². The number of fused-ring (bicyclic) bond motifs is 1. The topological polar surface area (TPSA) is 138 Å². The highest BCUT2D eigenvalue weighted by Gasteiger charge is 2.39. The molecule has 0 radical (unpaired) electrons. The van der Waals surface area contributed by atoms with Crippen molar-refractivity contribution < 1.29 is 19.4 Å². The minimum Gasteiger partial charge on any atom is -0.493 e. The third kappa shape index (κ3) is 7.05. The second-order valence-electron chi connectivity index (χ2n) is 12.1. The number of aliphatic hydroxyl groups is 1. The van der Waals surface area contributed by atoms with E-state index in [9.17, 15) is 15.2 Å². The van der Waals surface area contributed by atoms with Crippen molar-refractivity contribution in [3.05, 3.63) is 66.0 Å². The summed E-state index contributed by atoms with van der Waals surface area (Å²) in [6, 6.07) is 18.6. The predicted molar refractivity (Wildman–Crippen MR) is 181 cm³/mol. The SMILES string of the molecule is C=Nc1ncnc2c1c(C#N)c(NCc1ccc(-c3ccccc3)c(OCCCCN3CCCCC3)c1)n2C1OC(CO)CC1C=O. The van der Waals surface area contributed by atoms with E-state index in [4.69, 9.17) is 9.47 Å². The highest BCUT2D eigenvalue weighted by atomic mass is 16.5. The Labute approximate surface area is 274 Å². The number of nitriles is 1. The molecule has 2 aliphatic rings. The molecule has 2 saturated heterocycles. The average Bonchev–Trinajstić information content (AvgIpc) is 3.69. The fourth-order valence-corrected chi connectivity index (χ4v) is 6.68. The molecule has 4 heterocycles. The average molecular weight is 636 g/mol. The highest BCUT2D eigenvalue weighted by molar-refractivity contribution is 5.97. The molecular weight excluding hydrogens is 594 g/mol. The molecule has 11 heteroatoms. The Balaban J connectivity index is 1.28. The van der Waals surface area contributed by atoms with Gasteiger partial charge in [-0.3, -0.25) is 4.57 Å². The summed E-state index contributed by atoms with van der Waals surface area (Å²) in [6.45, 7) is 7.87. The van der Waals surface area contributed by atoms with Crippen molar-refractivity contribution in [3.63, 3.8) is 0 Å². The summed E-state index contributed by atoms with van der Waals surface area (Å²) in [6.07, 6.45) is 7.21. The van der Waals surface area contributed by atoms with Crippen molar-refractivity contribution in [2.75, 3.05) is 38.2 Å². The predicted octanol–water partition coefficient (Wildman–Crippen LogP) is 5.65. The standard InChI is InChI=1S/C36H41N7O4/c1-38-33-32-30(20-37)34(43(35(32)41-24-40-33)36-27(22-44)19-28(23-45)47-36)39-21-25-12-13-29(26-10-4-2-5-11-26)31(18-25)46-17-9-8-16-42-14-6-3-7-15-42/h2,4-5,10-13,18,22,24,27-28,36,39,45H,1,3,6-9,14-17,19,21,23H2. The smallest absolute Gasteiger partial charge is 0.165 e. The lowest BCUT2D eigenvalue weighted by molar-refractivity contribution is -0.114. The van der Waals surface area contributed by atoms with Crippen LogP contribution in [0.1, 0.15) is 55.9 Å². The third-order valence-electron chi connectivity index (χ3n) is 9.06. The zero-order valence-electron chi connectivity index (χ0n) is 26.6. The number of rotatable bonds is 14. The van der Waals surface area contributed by atoms with E-state index in [-0.39, 0.29) is 18.0 Å². The number of anilines is 1. The Morgan fingerprint density at radius 2 is 1.98 bits per heavy atom. The summed E-state index contributed by atoms with van der Waals surface area (Å²) >= 11 is 0. The lowest BCUT2D eigenvalue weighted by Crippen LogP contribution is -2.30. The van der Waals surface area contributed by atoms with Gasteiger partial charge in [-0.15, -0.1) is 0 Å². The van der Waals surface area contributed by atoms with Crippen molar-refractivity contribution in [1.82, 2.24) is 19.4 Å². The van der Waals surface area contributed by atoms with E-state index < -0.39 is 18.2 Å². The van der Waals surface area contributed by atoms with Gasteiger partial charge in [0.25, 0.3) is 0 Å². The highest BCUT2D eigenvalue weighted by Crippen LogP contribution is 2.42. The summed E-state index contributed by atoms with van der Waals surface area (Å²) < 4.78 is 14.3. The fraction of sp³-hybridized carbons (Fsp3) is 0.417. The Morgan fingerprint density at radius 1 is 1.15 bits per heavy atom. The fourth-order valence-electron chi connectivity index (χ4n) is 6.68. The van der Waals surface area contributed by atoms with Gasteiger partial charge in [-0.05, 0) is 75.6 Å². The molecule has 0 aliphatic carbocycles. The van der Waals surface area contributed by atoms with E-state index in [1.807, 2.05) is 30.3 Å². The number of nitrogens with zero attached hydrogens (tertiary/aromatic N) is 6. The van der Waals surface area contributed by atoms with E-state index in [2.05, 4.69) is 56.2 Å². The first-order chi connectivity index (χ1) is 23.1. The number of piperidine rings is 1. The number of aldehydes is 1. The van der Waals surface area contributed by atoms with Crippen molar-refractivity contribution in [2.45, 2.75) is 57.4 Å². The molecule has 0 spiro atoms. The second-order valence-corrected chi connectivity index (χ2v) is 12.1. The zero-order valence-corrected chi connectivity index (χ0v) is 26.6. The van der Waals surface area contributed by atoms with Gasteiger partial charge in [0.2, 0.25) is 0 Å². The van der Waals surface area contributed by atoms with Crippen LogP contribution in [-0.2, 0) is 16.1 Å². The molecule has 11 nitrogen and oxygen atoms in total. The van der Waals surface area contributed by atoms with Gasteiger partial charge in [0.05, 0.1) is 30.6 Å². The largest absolute Gasteiger partial charge is 0.493 e. The zero-order chi connectivity index (χ0) is 32.6. The van der Waals surface area contributed by atoms with E-state index in [1.165, 1.54) is 38.7 Å². The van der Waals surface area contributed by atoms with Crippen LogP contribution in [0.5, 0.6) is 5.75 Å². The van der Waals surface area contributed by atoms with Crippen LogP contribution in [0.3, 0.4) is 0 Å². The number of likely N-dealkylation sites (tertiary alicyclic amines) is 1. The molecule has 4 aromatic rings. The van der Waals surface area contributed by atoms with Gasteiger partial charge in [0.15, 0.2) is 11.5 Å². The lowest BCUT2D eigenvalue weighted by Gasteiger charge is -2.26. The number of aliphatic imine (C=N–C) groups is 1. The monoisotopic (exact) mass is 635 g/mol. The molecule has 2 fully saturated rings. The number of unbranched alkanes of at least 4 members (excludes halogenated alkanes) is 1. The van der Waals surface area contributed by atoms with Crippen molar-refractivity contribution in [1.29, 1.82) is 5.26 Å². The number of carbonyl (C=O) groups is 1. The van der Waals surface area contributed by atoms with Gasteiger partial charge in [-0.1, -0.05) is 48.9 Å². The lowest BCUT2D eigenvalue weighted by atomic mass is 10.0. The molecule has 6 rings (SSSR count). The molecule has 0 saturated carbocycles. The summed E-state index contributed by atoms with van der Waals surface area (Å²) in [4.78, 5) is 27.4. The van der Waals surface area contributed by atoms with E-state index in [1.54, 1.807) is 4.57 Å². The summed E-state index contributed by atoms with van der Waals surface area (Å²) in [5, 5.41) is 24.0. The van der Waals surface area contributed by atoms with E-state index in [0.717, 1.165) is 48.1 Å². The first-order valence-electron chi connectivity index (χ1n) is 16.4. The molecule has 2 aromatic carbocycles. The number of carbonyl (C=O) groups excluding carboxylic acids is 1. The molecule has 2 aliphatic heterocycles. The first-order valence-corrected chi connectivity index (χ1v) is 16.4. The maximum atomic E-state index is 12.1. The normalized spacial score (nSPS) is 19.8. The number of ether oxygens (including phenoxy) is 2. The van der Waals surface area contributed by atoms with Gasteiger partial charge in [-0.2, -0.15) is 5.26 Å². The van der Waals surface area contributed by atoms with E-state index in [0.29, 0.717) is 36.4 Å². The number of nitrogens with one attached hydrogen (secondary N) is 1. The van der Waals surface area contributed by atoms with Gasteiger partial charge < -0.3 is 29.6 Å². The molecule has 3 unspecified atom stereocenters. The van der Waals surface area contributed by atoms with Crippen molar-refractivity contribution >= 4 is 35.7 Å². The summed E-state index contributed by atoms with van der Waals surface area (Å²) in [5.41, 5.74) is 3.69. The number of hydrogen-bond acceptors (Lipinski definition) is 10. The van der Waals surface area contributed by atoms with Gasteiger partial charge >= 0.3 is 0 Å². The molecule has 3 atom stereocenters. The molecule has 244 valence electrons. The van der Waals surface area contributed by atoms with Crippen LogP contribution in [0.15, 0.2) is 59.9 Å². The number of aliphatic hydroxyl groups excluding tert-OH is 1. The maximum Gasteiger partial charge on any atom is 0.165 e.